The molecule has 112 valence electrons. The van der Waals surface area contributed by atoms with Crippen molar-refractivity contribution in [2.45, 2.75) is 39.2 Å². The van der Waals surface area contributed by atoms with Crippen LogP contribution in [-0.2, 0) is 11.3 Å². The average Bonchev–Trinajstić information content (AvgIpc) is 3.12. The van der Waals surface area contributed by atoms with Gasteiger partial charge in [0, 0.05) is 5.38 Å². The highest BCUT2D eigenvalue weighted by Gasteiger charge is 2.42. The van der Waals surface area contributed by atoms with Crippen molar-refractivity contribution in [1.29, 1.82) is 0 Å². The van der Waals surface area contributed by atoms with Crippen LogP contribution in [0.5, 0.6) is 0 Å². The van der Waals surface area contributed by atoms with Crippen molar-refractivity contribution in [3.8, 4) is 11.5 Å². The third kappa shape index (κ3) is 2.65. The van der Waals surface area contributed by atoms with E-state index >= 15 is 0 Å². The van der Waals surface area contributed by atoms with Gasteiger partial charge in [-0.15, -0.1) is 10.2 Å². The van der Waals surface area contributed by atoms with E-state index in [1.165, 1.54) is 11.5 Å². The second-order valence-electron chi connectivity index (χ2n) is 5.72. The maximum absolute atomic E-state index is 11.8. The second kappa shape index (κ2) is 5.47. The Balaban J connectivity index is 1.88. The normalized spacial score (nSPS) is 25.9. The summed E-state index contributed by atoms with van der Waals surface area (Å²) in [7, 11) is 0. The van der Waals surface area contributed by atoms with Crippen LogP contribution in [0.2, 0.25) is 0 Å². The van der Waals surface area contributed by atoms with Crippen molar-refractivity contribution in [1.82, 2.24) is 29.8 Å². The summed E-state index contributed by atoms with van der Waals surface area (Å²) in [5, 5.41) is 26.9. The molecule has 1 aliphatic carbocycles. The number of aliphatic carboxylic acids is 1. The first-order valence-electron chi connectivity index (χ1n) is 6.88. The molecule has 0 bridgehead atoms. The second-order valence-corrected chi connectivity index (χ2v) is 6.33. The van der Waals surface area contributed by atoms with Gasteiger partial charge in [0.1, 0.15) is 5.69 Å². The molecule has 0 radical (unpaired) electrons. The van der Waals surface area contributed by atoms with Crippen molar-refractivity contribution in [2.75, 3.05) is 0 Å². The molecule has 0 unspecified atom stereocenters. The first kappa shape index (κ1) is 14.1. The summed E-state index contributed by atoms with van der Waals surface area (Å²) in [5.41, 5.74) is -0.213. The minimum atomic E-state index is -0.792. The predicted molar refractivity (Wildman–Crippen MR) is 74.4 cm³/mol. The zero-order chi connectivity index (χ0) is 14.9. The topological polar surface area (TPSA) is 107 Å². The zero-order valence-electron chi connectivity index (χ0n) is 11.6. The standard InChI is InChI=1S/C12H16N6O2S/c1-8-2-4-12(5-3-8,11(19)20)7-18-10(14-15-16-18)9-6-21-17-13-9/h6,8H,2-5,7H2,1H3,(H,19,20). The Kier molecular flexibility index (Phi) is 3.66. The molecule has 1 saturated carbocycles. The van der Waals surface area contributed by atoms with Crippen LogP contribution in [0.25, 0.3) is 11.5 Å². The number of hydrogen-bond donors (Lipinski definition) is 1. The predicted octanol–water partition coefficient (Wildman–Crippen LogP) is 1.47. The molecule has 2 aromatic rings. The maximum Gasteiger partial charge on any atom is 0.311 e. The monoisotopic (exact) mass is 308 g/mol. The highest BCUT2D eigenvalue weighted by molar-refractivity contribution is 7.03. The van der Waals surface area contributed by atoms with E-state index in [0.717, 1.165) is 12.8 Å². The molecular formula is C12H16N6O2S. The van der Waals surface area contributed by atoms with E-state index < -0.39 is 11.4 Å². The van der Waals surface area contributed by atoms with Gasteiger partial charge in [0.2, 0.25) is 5.82 Å². The van der Waals surface area contributed by atoms with Crippen molar-refractivity contribution >= 4 is 17.5 Å². The van der Waals surface area contributed by atoms with E-state index in [4.69, 9.17) is 0 Å². The van der Waals surface area contributed by atoms with E-state index in [0.29, 0.717) is 30.3 Å². The number of hydrogen-bond acceptors (Lipinski definition) is 7. The number of aromatic nitrogens is 6. The lowest BCUT2D eigenvalue weighted by molar-refractivity contribution is -0.152. The third-order valence-corrected chi connectivity index (χ3v) is 4.76. The molecule has 21 heavy (non-hydrogen) atoms. The Hall–Kier alpha value is -1.90. The molecule has 1 N–H and O–H groups in total. The first-order valence-corrected chi connectivity index (χ1v) is 7.71. The summed E-state index contributed by atoms with van der Waals surface area (Å²) in [6, 6.07) is 0. The SMILES string of the molecule is CC1CCC(Cn2nnnc2-c2csnn2)(C(=O)O)CC1. The van der Waals surface area contributed by atoms with E-state index in [2.05, 4.69) is 32.0 Å². The van der Waals surface area contributed by atoms with Crippen molar-refractivity contribution < 1.29 is 9.90 Å². The van der Waals surface area contributed by atoms with Crippen molar-refractivity contribution in [2.24, 2.45) is 11.3 Å². The summed E-state index contributed by atoms with van der Waals surface area (Å²) in [5.74, 6) is 0.281. The maximum atomic E-state index is 11.8. The molecule has 0 aliphatic heterocycles. The lowest BCUT2D eigenvalue weighted by atomic mass is 9.71. The largest absolute Gasteiger partial charge is 0.481 e. The smallest absolute Gasteiger partial charge is 0.311 e. The lowest BCUT2D eigenvalue weighted by Crippen LogP contribution is -2.39. The Morgan fingerprint density at radius 3 is 2.86 bits per heavy atom. The van der Waals surface area contributed by atoms with Crippen LogP contribution >= 0.6 is 11.5 Å². The van der Waals surface area contributed by atoms with Gasteiger partial charge >= 0.3 is 5.97 Å². The number of nitrogens with zero attached hydrogens (tertiary/aromatic N) is 6. The van der Waals surface area contributed by atoms with Gasteiger partial charge in [-0.05, 0) is 53.6 Å². The summed E-state index contributed by atoms with van der Waals surface area (Å²) in [4.78, 5) is 11.8. The molecule has 2 aromatic heterocycles. The highest BCUT2D eigenvalue weighted by Crippen LogP contribution is 2.40. The van der Waals surface area contributed by atoms with Gasteiger partial charge < -0.3 is 5.11 Å². The van der Waals surface area contributed by atoms with Gasteiger partial charge in [-0.3, -0.25) is 4.79 Å². The molecule has 9 heteroatoms. The number of tetrazole rings is 1. The van der Waals surface area contributed by atoms with Gasteiger partial charge in [-0.1, -0.05) is 11.4 Å². The first-order chi connectivity index (χ1) is 10.1. The van der Waals surface area contributed by atoms with Gasteiger partial charge in [0.25, 0.3) is 0 Å². The van der Waals surface area contributed by atoms with Crippen LogP contribution in [-0.4, -0.2) is 40.9 Å². The van der Waals surface area contributed by atoms with Crippen LogP contribution in [0, 0.1) is 11.3 Å². The summed E-state index contributed by atoms with van der Waals surface area (Å²) >= 11 is 1.21. The van der Waals surface area contributed by atoms with Crippen LogP contribution in [0.15, 0.2) is 5.38 Å². The molecule has 1 aliphatic rings. The Labute approximate surface area is 125 Å². The van der Waals surface area contributed by atoms with Crippen LogP contribution < -0.4 is 0 Å². The molecule has 0 saturated heterocycles. The van der Waals surface area contributed by atoms with Gasteiger partial charge in [-0.25, -0.2) is 4.68 Å². The fourth-order valence-electron chi connectivity index (χ4n) is 2.80. The molecule has 0 amide bonds. The van der Waals surface area contributed by atoms with Crippen molar-refractivity contribution in [3.63, 3.8) is 0 Å². The number of carboxylic acid groups (broad SMARTS) is 1. The summed E-state index contributed by atoms with van der Waals surface area (Å²) in [6.07, 6.45) is 3.14. The minimum absolute atomic E-state index is 0.273. The molecule has 2 heterocycles. The number of carbonyl (C=O) groups is 1. The van der Waals surface area contributed by atoms with Gasteiger partial charge in [0.05, 0.1) is 12.0 Å². The molecule has 8 nitrogen and oxygen atoms in total. The third-order valence-electron chi connectivity index (χ3n) is 4.26. The van der Waals surface area contributed by atoms with Gasteiger partial charge in [0.15, 0.2) is 0 Å². The number of carboxylic acids is 1. The molecule has 1 fully saturated rings. The Morgan fingerprint density at radius 1 is 1.48 bits per heavy atom. The summed E-state index contributed by atoms with van der Waals surface area (Å²) < 4.78 is 5.34. The Morgan fingerprint density at radius 2 is 2.24 bits per heavy atom. The molecule has 3 rings (SSSR count). The van der Waals surface area contributed by atoms with Crippen LogP contribution in [0.1, 0.15) is 32.6 Å². The Bertz CT molecular complexity index is 617. The lowest BCUT2D eigenvalue weighted by Gasteiger charge is -2.35. The van der Waals surface area contributed by atoms with Crippen LogP contribution in [0.4, 0.5) is 0 Å². The minimum Gasteiger partial charge on any atom is -0.481 e. The number of rotatable bonds is 4. The molecule has 0 atom stereocenters. The summed E-state index contributed by atoms with van der Waals surface area (Å²) in [6.45, 7) is 2.43. The van der Waals surface area contributed by atoms with Crippen molar-refractivity contribution in [3.05, 3.63) is 5.38 Å². The fourth-order valence-corrected chi connectivity index (χ4v) is 3.23. The van der Waals surface area contributed by atoms with E-state index in [1.807, 2.05) is 0 Å². The molecule has 0 aromatic carbocycles. The van der Waals surface area contributed by atoms with Gasteiger partial charge in [-0.2, -0.15) is 0 Å². The van der Waals surface area contributed by atoms with E-state index in [-0.39, 0.29) is 6.54 Å². The molecule has 0 spiro atoms. The van der Waals surface area contributed by atoms with E-state index in [9.17, 15) is 9.90 Å². The highest BCUT2D eigenvalue weighted by atomic mass is 32.1. The zero-order valence-corrected chi connectivity index (χ0v) is 12.5. The molecular weight excluding hydrogens is 292 g/mol. The average molecular weight is 308 g/mol. The van der Waals surface area contributed by atoms with Crippen LogP contribution in [0.3, 0.4) is 0 Å². The fraction of sp³-hybridized carbons (Fsp3) is 0.667. The quantitative estimate of drug-likeness (QED) is 0.911. The van der Waals surface area contributed by atoms with E-state index in [1.54, 1.807) is 10.1 Å².